The summed E-state index contributed by atoms with van der Waals surface area (Å²) in [7, 11) is 1.63. The Morgan fingerprint density at radius 1 is 1.25 bits per heavy atom. The molecule has 1 fully saturated rings. The lowest BCUT2D eigenvalue weighted by atomic mass is 10.0. The van der Waals surface area contributed by atoms with Crippen LogP contribution in [0, 0.1) is 5.82 Å². The van der Waals surface area contributed by atoms with E-state index in [0.29, 0.717) is 12.8 Å². The van der Waals surface area contributed by atoms with Gasteiger partial charge >= 0.3 is 6.18 Å². The Morgan fingerprint density at radius 3 is 2.31 bits per heavy atom. The summed E-state index contributed by atoms with van der Waals surface area (Å²) in [6, 6.07) is 2.55. The van der Waals surface area contributed by atoms with Crippen LogP contribution in [0.3, 0.4) is 0 Å². The number of hydrogen-bond donors (Lipinski definition) is 1. The molecule has 1 N–H and O–H groups in total. The maximum absolute atomic E-state index is 13.5. The Bertz CT molecular complexity index is 407. The SMILES string of the molecule is CNC1(c2cc(C(F)(F)F)ccc2F)CC1. The summed E-state index contributed by atoms with van der Waals surface area (Å²) in [6.07, 6.45) is -3.09. The highest BCUT2D eigenvalue weighted by Crippen LogP contribution is 2.47. The largest absolute Gasteiger partial charge is 0.416 e. The summed E-state index contributed by atoms with van der Waals surface area (Å²) in [5.41, 5.74) is -1.28. The number of halogens is 4. The minimum Gasteiger partial charge on any atom is -0.310 e. The van der Waals surface area contributed by atoms with Crippen LogP contribution in [0.15, 0.2) is 18.2 Å². The molecule has 0 heterocycles. The van der Waals surface area contributed by atoms with E-state index in [9.17, 15) is 17.6 Å². The molecule has 1 nitrogen and oxygen atoms in total. The molecule has 5 heteroatoms. The second kappa shape index (κ2) is 3.45. The molecule has 2 rings (SSSR count). The number of hydrogen-bond acceptors (Lipinski definition) is 1. The van der Waals surface area contributed by atoms with Crippen molar-refractivity contribution in [2.45, 2.75) is 24.6 Å². The minimum absolute atomic E-state index is 0.116. The zero-order valence-electron chi connectivity index (χ0n) is 8.66. The van der Waals surface area contributed by atoms with Crippen molar-refractivity contribution in [2.75, 3.05) is 7.05 Å². The van der Waals surface area contributed by atoms with Crippen molar-refractivity contribution in [3.05, 3.63) is 35.1 Å². The zero-order chi connectivity index (χ0) is 12.0. The average molecular weight is 233 g/mol. The van der Waals surface area contributed by atoms with Crippen LogP contribution < -0.4 is 5.32 Å². The fourth-order valence-corrected chi connectivity index (χ4v) is 1.85. The number of benzene rings is 1. The standard InChI is InChI=1S/C11H11F4N/c1-16-10(4-5-10)8-6-7(11(13,14)15)2-3-9(8)12/h2-3,6,16H,4-5H2,1H3. The van der Waals surface area contributed by atoms with Gasteiger partial charge < -0.3 is 5.32 Å². The first-order valence-corrected chi connectivity index (χ1v) is 4.95. The van der Waals surface area contributed by atoms with Crippen LogP contribution in [0.5, 0.6) is 0 Å². The van der Waals surface area contributed by atoms with Crippen molar-refractivity contribution in [1.29, 1.82) is 0 Å². The molecule has 0 radical (unpaired) electrons. The van der Waals surface area contributed by atoms with Crippen LogP contribution in [0.1, 0.15) is 24.0 Å². The molecule has 1 aromatic rings. The molecule has 0 bridgehead atoms. The fraction of sp³-hybridized carbons (Fsp3) is 0.455. The van der Waals surface area contributed by atoms with Gasteiger partial charge in [0.1, 0.15) is 5.82 Å². The van der Waals surface area contributed by atoms with E-state index in [1.807, 2.05) is 0 Å². The van der Waals surface area contributed by atoms with Crippen molar-refractivity contribution in [2.24, 2.45) is 0 Å². The predicted octanol–water partition coefficient (Wildman–Crippen LogP) is 3.05. The first-order chi connectivity index (χ1) is 7.39. The minimum atomic E-state index is -4.42. The molecule has 16 heavy (non-hydrogen) atoms. The normalized spacial score (nSPS) is 18.6. The van der Waals surface area contributed by atoms with Gasteiger partial charge in [-0.2, -0.15) is 13.2 Å². The van der Waals surface area contributed by atoms with Crippen LogP contribution in [0.4, 0.5) is 17.6 Å². The third-order valence-electron chi connectivity index (χ3n) is 3.04. The van der Waals surface area contributed by atoms with Crippen molar-refractivity contribution < 1.29 is 17.6 Å². The number of nitrogens with one attached hydrogen (secondary N) is 1. The molecular formula is C11H11F4N. The molecule has 0 amide bonds. The van der Waals surface area contributed by atoms with Gasteiger partial charge in [-0.1, -0.05) is 0 Å². The van der Waals surface area contributed by atoms with Crippen LogP contribution in [0.25, 0.3) is 0 Å². The van der Waals surface area contributed by atoms with E-state index in [1.165, 1.54) is 0 Å². The van der Waals surface area contributed by atoms with Crippen LogP contribution in [0.2, 0.25) is 0 Å². The van der Waals surface area contributed by atoms with E-state index in [4.69, 9.17) is 0 Å². The predicted molar refractivity (Wildman–Crippen MR) is 51.4 cm³/mol. The van der Waals surface area contributed by atoms with Gasteiger partial charge in [-0.3, -0.25) is 0 Å². The van der Waals surface area contributed by atoms with Gasteiger partial charge in [0.15, 0.2) is 0 Å². The Labute approximate surface area is 90.5 Å². The third kappa shape index (κ3) is 1.80. The van der Waals surface area contributed by atoms with E-state index in [2.05, 4.69) is 5.32 Å². The lowest BCUT2D eigenvalue weighted by Crippen LogP contribution is -2.26. The van der Waals surface area contributed by atoms with Gasteiger partial charge in [0.05, 0.1) is 5.56 Å². The maximum Gasteiger partial charge on any atom is 0.416 e. The highest BCUT2D eigenvalue weighted by atomic mass is 19.4. The first kappa shape index (κ1) is 11.4. The van der Waals surface area contributed by atoms with Crippen LogP contribution in [-0.2, 0) is 11.7 Å². The Kier molecular flexibility index (Phi) is 2.45. The molecule has 0 aromatic heterocycles. The second-order valence-corrected chi connectivity index (χ2v) is 4.02. The zero-order valence-corrected chi connectivity index (χ0v) is 8.66. The molecule has 1 aliphatic carbocycles. The van der Waals surface area contributed by atoms with Crippen molar-refractivity contribution in [1.82, 2.24) is 5.32 Å². The van der Waals surface area contributed by atoms with Crippen LogP contribution in [-0.4, -0.2) is 7.05 Å². The first-order valence-electron chi connectivity index (χ1n) is 4.95. The van der Waals surface area contributed by atoms with Crippen molar-refractivity contribution in [3.8, 4) is 0 Å². The van der Waals surface area contributed by atoms with Gasteiger partial charge in [-0.15, -0.1) is 0 Å². The maximum atomic E-state index is 13.5. The Morgan fingerprint density at radius 2 is 1.88 bits per heavy atom. The highest BCUT2D eigenvalue weighted by Gasteiger charge is 2.45. The molecule has 1 saturated carbocycles. The second-order valence-electron chi connectivity index (χ2n) is 4.02. The molecule has 1 aliphatic rings. The molecule has 1 aromatic carbocycles. The summed E-state index contributed by atoms with van der Waals surface area (Å²) in [5, 5.41) is 2.88. The number of rotatable bonds is 2. The van der Waals surface area contributed by atoms with E-state index in [1.54, 1.807) is 7.05 Å². The van der Waals surface area contributed by atoms with Gasteiger partial charge in [0, 0.05) is 11.1 Å². The Hall–Kier alpha value is -1.10. The summed E-state index contributed by atoms with van der Waals surface area (Å²) in [6.45, 7) is 0. The molecule has 0 spiro atoms. The fourth-order valence-electron chi connectivity index (χ4n) is 1.85. The van der Waals surface area contributed by atoms with Crippen LogP contribution >= 0.6 is 0 Å². The smallest absolute Gasteiger partial charge is 0.310 e. The van der Waals surface area contributed by atoms with Gasteiger partial charge in [-0.25, -0.2) is 4.39 Å². The van der Waals surface area contributed by atoms with E-state index in [0.717, 1.165) is 18.2 Å². The number of alkyl halides is 3. The van der Waals surface area contributed by atoms with Gasteiger partial charge in [0.25, 0.3) is 0 Å². The Balaban J connectivity index is 2.46. The van der Waals surface area contributed by atoms with Gasteiger partial charge in [0.2, 0.25) is 0 Å². The van der Waals surface area contributed by atoms with Gasteiger partial charge in [-0.05, 0) is 38.1 Å². The molecular weight excluding hydrogens is 222 g/mol. The highest BCUT2D eigenvalue weighted by molar-refractivity contribution is 5.36. The van der Waals surface area contributed by atoms with E-state index < -0.39 is 23.1 Å². The molecule has 0 saturated heterocycles. The lowest BCUT2D eigenvalue weighted by Gasteiger charge is -2.17. The molecule has 0 unspecified atom stereocenters. The van der Waals surface area contributed by atoms with E-state index in [-0.39, 0.29) is 5.56 Å². The summed E-state index contributed by atoms with van der Waals surface area (Å²) in [5.74, 6) is -0.583. The molecule has 0 atom stereocenters. The lowest BCUT2D eigenvalue weighted by molar-refractivity contribution is -0.137. The average Bonchev–Trinajstić information content (AvgIpc) is 2.97. The molecule has 88 valence electrons. The van der Waals surface area contributed by atoms with E-state index >= 15 is 0 Å². The summed E-state index contributed by atoms with van der Waals surface area (Å²) < 4.78 is 50.9. The van der Waals surface area contributed by atoms with Crippen molar-refractivity contribution >= 4 is 0 Å². The van der Waals surface area contributed by atoms with Crippen molar-refractivity contribution in [3.63, 3.8) is 0 Å². The quantitative estimate of drug-likeness (QED) is 0.774. The monoisotopic (exact) mass is 233 g/mol. The topological polar surface area (TPSA) is 12.0 Å². The summed E-state index contributed by atoms with van der Waals surface area (Å²) >= 11 is 0. The third-order valence-corrected chi connectivity index (χ3v) is 3.04. The molecule has 0 aliphatic heterocycles. The summed E-state index contributed by atoms with van der Waals surface area (Å²) in [4.78, 5) is 0.